The van der Waals surface area contributed by atoms with Gasteiger partial charge in [-0.2, -0.15) is 0 Å². The molecule has 0 saturated carbocycles. The van der Waals surface area contributed by atoms with E-state index in [0.717, 1.165) is 19.5 Å². The Labute approximate surface area is 148 Å². The summed E-state index contributed by atoms with van der Waals surface area (Å²) < 4.78 is 29.1. The number of rotatable bonds is 5. The van der Waals surface area contributed by atoms with Crippen LogP contribution in [0.4, 0.5) is 0 Å². The third-order valence-corrected chi connectivity index (χ3v) is 7.05. The summed E-state index contributed by atoms with van der Waals surface area (Å²) in [6, 6.07) is -0.334. The standard InChI is InChI=1S/C16H33BN3O3P/c1-15(2)10-16(3,4)12-20(11-15)24(21,19(5)6)22-9-13-7-18-8-14(17)23-13/h13-14,18H,7-12H2,1-6H3/t13-,14+,24+/m0/s1. The molecule has 0 aliphatic carbocycles. The summed E-state index contributed by atoms with van der Waals surface area (Å²) in [5.41, 5.74) is 0.198. The van der Waals surface area contributed by atoms with Gasteiger partial charge in [0.15, 0.2) is 0 Å². The van der Waals surface area contributed by atoms with Crippen LogP contribution < -0.4 is 5.32 Å². The quantitative estimate of drug-likeness (QED) is 0.599. The van der Waals surface area contributed by atoms with E-state index in [1.807, 2.05) is 18.8 Å². The topological polar surface area (TPSA) is 54.0 Å². The highest BCUT2D eigenvalue weighted by Crippen LogP contribution is 2.57. The third kappa shape index (κ3) is 5.06. The Morgan fingerprint density at radius 3 is 2.33 bits per heavy atom. The van der Waals surface area contributed by atoms with Gasteiger partial charge in [-0.15, -0.1) is 0 Å². The maximum Gasteiger partial charge on any atom is 0.345 e. The maximum absolute atomic E-state index is 13.7. The van der Waals surface area contributed by atoms with E-state index >= 15 is 0 Å². The van der Waals surface area contributed by atoms with Crippen LogP contribution in [0, 0.1) is 10.8 Å². The molecule has 0 unspecified atom stereocenters. The van der Waals surface area contributed by atoms with Gasteiger partial charge in [0.05, 0.1) is 12.7 Å². The fourth-order valence-corrected chi connectivity index (χ4v) is 6.47. The molecule has 8 heteroatoms. The van der Waals surface area contributed by atoms with E-state index in [1.54, 1.807) is 4.67 Å². The lowest BCUT2D eigenvalue weighted by atomic mass is 9.72. The van der Waals surface area contributed by atoms with Crippen molar-refractivity contribution in [3.8, 4) is 0 Å². The average Bonchev–Trinajstić information content (AvgIpc) is 2.41. The van der Waals surface area contributed by atoms with E-state index in [9.17, 15) is 4.57 Å². The van der Waals surface area contributed by atoms with Crippen LogP contribution in [0.3, 0.4) is 0 Å². The van der Waals surface area contributed by atoms with Crippen molar-refractivity contribution in [1.82, 2.24) is 14.7 Å². The van der Waals surface area contributed by atoms with Gasteiger partial charge in [0.2, 0.25) is 0 Å². The molecule has 2 aliphatic heterocycles. The second-order valence-corrected chi connectivity index (χ2v) is 11.5. The maximum atomic E-state index is 13.7. The van der Waals surface area contributed by atoms with Crippen molar-refractivity contribution in [2.24, 2.45) is 10.8 Å². The molecule has 0 spiro atoms. The third-order valence-electron chi connectivity index (χ3n) is 4.55. The van der Waals surface area contributed by atoms with Gasteiger partial charge in [0.25, 0.3) is 0 Å². The molecule has 0 aromatic heterocycles. The lowest BCUT2D eigenvalue weighted by Gasteiger charge is -2.49. The molecule has 0 amide bonds. The van der Waals surface area contributed by atoms with Crippen LogP contribution in [0.1, 0.15) is 34.1 Å². The SMILES string of the molecule is [B][C@H]1CNC[C@@H](CO[P@](=O)(N(C)C)N2CC(C)(C)CC(C)(C)C2)O1. The van der Waals surface area contributed by atoms with Crippen molar-refractivity contribution >= 4 is 15.5 Å². The van der Waals surface area contributed by atoms with Gasteiger partial charge in [0, 0.05) is 32.2 Å². The van der Waals surface area contributed by atoms with Crippen molar-refractivity contribution in [2.75, 3.05) is 46.9 Å². The molecular weight excluding hydrogens is 324 g/mol. The molecule has 1 N–H and O–H groups in total. The first-order chi connectivity index (χ1) is 10.9. The van der Waals surface area contributed by atoms with Gasteiger partial charge in [-0.25, -0.2) is 9.34 Å². The van der Waals surface area contributed by atoms with Crippen LogP contribution in [0.2, 0.25) is 0 Å². The van der Waals surface area contributed by atoms with Crippen LogP contribution >= 0.6 is 7.67 Å². The Morgan fingerprint density at radius 1 is 1.25 bits per heavy atom. The number of piperidine rings is 1. The first-order valence-electron chi connectivity index (χ1n) is 8.73. The fourth-order valence-electron chi connectivity index (χ4n) is 4.09. The molecule has 0 aromatic carbocycles. The molecule has 2 saturated heterocycles. The number of nitrogens with one attached hydrogen (secondary N) is 1. The molecule has 2 aliphatic rings. The summed E-state index contributed by atoms with van der Waals surface area (Å²) in [7, 11) is 6.35. The minimum atomic E-state index is -3.09. The van der Waals surface area contributed by atoms with Crippen molar-refractivity contribution in [3.63, 3.8) is 0 Å². The predicted octanol–water partition coefficient (Wildman–Crippen LogP) is 1.91. The smallest absolute Gasteiger partial charge is 0.345 e. The first-order valence-corrected chi connectivity index (χ1v) is 10.3. The van der Waals surface area contributed by atoms with Crippen molar-refractivity contribution in [3.05, 3.63) is 0 Å². The lowest BCUT2D eigenvalue weighted by molar-refractivity contribution is -0.0256. The predicted molar refractivity (Wildman–Crippen MR) is 98.3 cm³/mol. The Morgan fingerprint density at radius 2 is 1.83 bits per heavy atom. The molecule has 2 fully saturated rings. The highest BCUT2D eigenvalue weighted by Gasteiger charge is 2.46. The van der Waals surface area contributed by atoms with Crippen molar-refractivity contribution < 1.29 is 13.8 Å². The van der Waals surface area contributed by atoms with Gasteiger partial charge < -0.3 is 14.6 Å². The highest BCUT2D eigenvalue weighted by molar-refractivity contribution is 7.53. The highest BCUT2D eigenvalue weighted by atomic mass is 31.2. The molecule has 138 valence electrons. The van der Waals surface area contributed by atoms with E-state index in [0.29, 0.717) is 13.1 Å². The van der Waals surface area contributed by atoms with Gasteiger partial charge in [0.1, 0.15) is 7.85 Å². The molecule has 2 rings (SSSR count). The average molecular weight is 357 g/mol. The molecule has 24 heavy (non-hydrogen) atoms. The van der Waals surface area contributed by atoms with E-state index in [4.69, 9.17) is 17.1 Å². The Kier molecular flexibility index (Phi) is 6.27. The zero-order valence-electron chi connectivity index (χ0n) is 16.0. The van der Waals surface area contributed by atoms with E-state index < -0.39 is 7.67 Å². The summed E-state index contributed by atoms with van der Waals surface area (Å²) in [5.74, 6) is 0. The lowest BCUT2D eigenvalue weighted by Crippen LogP contribution is -2.50. The number of morpholine rings is 1. The van der Waals surface area contributed by atoms with E-state index in [2.05, 4.69) is 33.0 Å². The summed E-state index contributed by atoms with van der Waals surface area (Å²) in [5, 5.41) is 3.21. The zero-order chi connectivity index (χ0) is 18.2. The van der Waals surface area contributed by atoms with E-state index in [-0.39, 0.29) is 29.5 Å². The molecular formula is C16H33BN3O3P. The minimum Gasteiger partial charge on any atom is -0.380 e. The molecule has 2 heterocycles. The number of ether oxygens (including phenoxy) is 1. The van der Waals surface area contributed by atoms with Gasteiger partial charge in [-0.1, -0.05) is 27.7 Å². The van der Waals surface area contributed by atoms with E-state index in [1.165, 1.54) is 0 Å². The summed E-state index contributed by atoms with van der Waals surface area (Å²) >= 11 is 0. The van der Waals surface area contributed by atoms with Crippen LogP contribution in [0.5, 0.6) is 0 Å². The summed E-state index contributed by atoms with van der Waals surface area (Å²) in [6.07, 6.45) is 0.932. The summed E-state index contributed by atoms with van der Waals surface area (Å²) in [4.78, 5) is 0. The minimum absolute atomic E-state index is 0.0992. The second kappa shape index (κ2) is 7.38. The van der Waals surface area contributed by atoms with Gasteiger partial charge in [-0.3, -0.25) is 4.57 Å². The van der Waals surface area contributed by atoms with Crippen LogP contribution in [0.25, 0.3) is 0 Å². The number of hydrogen-bond acceptors (Lipinski definition) is 4. The Balaban J connectivity index is 2.10. The monoisotopic (exact) mass is 357 g/mol. The van der Waals surface area contributed by atoms with Gasteiger partial charge in [-0.05, 0) is 31.3 Å². The van der Waals surface area contributed by atoms with Crippen LogP contribution in [-0.4, -0.2) is 76.2 Å². The van der Waals surface area contributed by atoms with Crippen LogP contribution in [0.15, 0.2) is 0 Å². The largest absolute Gasteiger partial charge is 0.380 e. The Hall–Kier alpha value is 0.0949. The molecule has 6 nitrogen and oxygen atoms in total. The summed E-state index contributed by atoms with van der Waals surface area (Å²) in [6.45, 7) is 12.0. The molecule has 3 atom stereocenters. The Bertz CT molecular complexity index is 471. The van der Waals surface area contributed by atoms with Crippen LogP contribution in [-0.2, 0) is 13.8 Å². The first kappa shape index (κ1) is 20.4. The second-order valence-electron chi connectivity index (χ2n) is 8.92. The number of nitrogens with zero attached hydrogens (tertiary/aromatic N) is 2. The zero-order valence-corrected chi connectivity index (χ0v) is 16.9. The van der Waals surface area contributed by atoms with Crippen molar-refractivity contribution in [1.29, 1.82) is 0 Å². The molecule has 2 radical (unpaired) electrons. The normalized spacial score (nSPS) is 33.3. The number of hydrogen-bond donors (Lipinski definition) is 1. The van der Waals surface area contributed by atoms with Gasteiger partial charge >= 0.3 is 7.67 Å². The molecule has 0 aromatic rings. The molecule has 0 bridgehead atoms. The fraction of sp³-hybridized carbons (Fsp3) is 1.00. The van der Waals surface area contributed by atoms with Crippen molar-refractivity contribution in [2.45, 2.75) is 46.2 Å².